The van der Waals surface area contributed by atoms with E-state index >= 15 is 0 Å². The maximum Gasteiger partial charge on any atom is 0.266 e. The smallest absolute Gasteiger partial charge is 0.266 e. The number of para-hydroxylation sites is 2. The zero-order valence-corrected chi connectivity index (χ0v) is 12.4. The van der Waals surface area contributed by atoms with Gasteiger partial charge in [-0.05, 0) is 38.1 Å². The second-order valence-corrected chi connectivity index (χ2v) is 4.50. The van der Waals surface area contributed by atoms with E-state index in [1.165, 1.54) is 6.08 Å². The molecule has 0 saturated carbocycles. The van der Waals surface area contributed by atoms with Crippen molar-refractivity contribution >= 4 is 17.7 Å². The van der Waals surface area contributed by atoms with Crippen molar-refractivity contribution in [2.24, 2.45) is 0 Å². The third-order valence-electron chi connectivity index (χ3n) is 2.85. The number of hydrogen-bond donors (Lipinski definition) is 1. The predicted octanol–water partition coefficient (Wildman–Crippen LogP) is 3.53. The number of benzene rings is 1. The largest absolute Gasteiger partial charge is 0.492 e. The first kappa shape index (κ1) is 15.4. The monoisotopic (exact) mass is 296 g/mol. The molecule has 0 radical (unpaired) electrons. The molecule has 0 unspecified atom stereocenters. The van der Waals surface area contributed by atoms with Gasteiger partial charge in [0.1, 0.15) is 28.9 Å². The number of carbonyl (C=O) groups is 1. The lowest BCUT2D eigenvalue weighted by atomic mass is 10.2. The molecule has 2 aromatic rings. The Balaban J connectivity index is 2.20. The van der Waals surface area contributed by atoms with Crippen molar-refractivity contribution in [2.45, 2.75) is 13.8 Å². The Labute approximate surface area is 128 Å². The number of aryl methyl sites for hydroxylation is 1. The lowest BCUT2D eigenvalue weighted by Gasteiger charge is -2.10. The van der Waals surface area contributed by atoms with Gasteiger partial charge in [-0.3, -0.25) is 4.79 Å². The Morgan fingerprint density at radius 2 is 2.14 bits per heavy atom. The van der Waals surface area contributed by atoms with Gasteiger partial charge in [0.05, 0.1) is 12.3 Å². The van der Waals surface area contributed by atoms with Crippen LogP contribution in [0, 0.1) is 18.3 Å². The van der Waals surface area contributed by atoms with E-state index in [9.17, 15) is 4.79 Å². The molecule has 1 aromatic carbocycles. The minimum Gasteiger partial charge on any atom is -0.492 e. The number of nitrogens with one attached hydrogen (secondary N) is 1. The first-order valence-corrected chi connectivity index (χ1v) is 6.85. The number of carbonyl (C=O) groups excluding carboxylic acids is 1. The normalized spacial score (nSPS) is 10.9. The highest BCUT2D eigenvalue weighted by Crippen LogP contribution is 2.24. The van der Waals surface area contributed by atoms with Gasteiger partial charge in [0.25, 0.3) is 5.91 Å². The second kappa shape index (κ2) is 7.14. The van der Waals surface area contributed by atoms with Crippen molar-refractivity contribution in [1.29, 1.82) is 5.26 Å². The summed E-state index contributed by atoms with van der Waals surface area (Å²) < 4.78 is 10.8. The van der Waals surface area contributed by atoms with Gasteiger partial charge in [-0.15, -0.1) is 0 Å². The van der Waals surface area contributed by atoms with E-state index in [-0.39, 0.29) is 5.57 Å². The number of hydrogen-bond acceptors (Lipinski definition) is 4. The van der Waals surface area contributed by atoms with E-state index in [0.717, 1.165) is 0 Å². The van der Waals surface area contributed by atoms with Crippen LogP contribution in [0.1, 0.15) is 18.4 Å². The molecule has 22 heavy (non-hydrogen) atoms. The summed E-state index contributed by atoms with van der Waals surface area (Å²) in [5, 5.41) is 11.8. The molecule has 0 bridgehead atoms. The summed E-state index contributed by atoms with van der Waals surface area (Å²) in [5.41, 5.74) is 0.478. The zero-order chi connectivity index (χ0) is 15.9. The Hall–Kier alpha value is -3.00. The third kappa shape index (κ3) is 3.76. The molecule has 0 saturated heterocycles. The summed E-state index contributed by atoms with van der Waals surface area (Å²) in [6.45, 7) is 4.14. The maximum absolute atomic E-state index is 12.2. The lowest BCUT2D eigenvalue weighted by Crippen LogP contribution is -2.14. The molecule has 0 aliphatic heterocycles. The van der Waals surface area contributed by atoms with Gasteiger partial charge in [-0.25, -0.2) is 0 Å². The zero-order valence-electron chi connectivity index (χ0n) is 12.4. The predicted molar refractivity (Wildman–Crippen MR) is 83.3 cm³/mol. The summed E-state index contributed by atoms with van der Waals surface area (Å²) in [7, 11) is 0. The first-order chi connectivity index (χ1) is 10.6. The van der Waals surface area contributed by atoms with E-state index in [2.05, 4.69) is 5.32 Å². The van der Waals surface area contributed by atoms with Crippen LogP contribution in [0.15, 0.2) is 46.4 Å². The van der Waals surface area contributed by atoms with Crippen molar-refractivity contribution in [3.05, 3.63) is 53.5 Å². The molecule has 1 N–H and O–H groups in total. The van der Waals surface area contributed by atoms with Crippen molar-refractivity contribution in [2.75, 3.05) is 11.9 Å². The van der Waals surface area contributed by atoms with Crippen molar-refractivity contribution in [1.82, 2.24) is 0 Å². The molecule has 5 heteroatoms. The van der Waals surface area contributed by atoms with E-state index in [0.29, 0.717) is 29.6 Å². The summed E-state index contributed by atoms with van der Waals surface area (Å²) >= 11 is 0. The molecule has 0 spiro atoms. The van der Waals surface area contributed by atoms with E-state index in [1.807, 2.05) is 19.1 Å². The van der Waals surface area contributed by atoms with Gasteiger partial charge in [-0.1, -0.05) is 12.1 Å². The lowest BCUT2D eigenvalue weighted by molar-refractivity contribution is -0.112. The fraction of sp³-hybridized carbons (Fsp3) is 0.176. The minimum atomic E-state index is -0.510. The summed E-state index contributed by atoms with van der Waals surface area (Å²) in [5.74, 6) is 1.22. The number of rotatable bonds is 5. The molecule has 2 rings (SSSR count). The molecule has 0 atom stereocenters. The van der Waals surface area contributed by atoms with E-state index in [1.54, 1.807) is 37.3 Å². The summed E-state index contributed by atoms with van der Waals surface area (Å²) in [4.78, 5) is 12.2. The summed E-state index contributed by atoms with van der Waals surface area (Å²) in [6, 6.07) is 12.4. The molecule has 0 aliphatic carbocycles. The SMILES string of the molecule is CCOc1ccccc1NC(=O)/C(C#N)=C/c1ccc(C)o1. The van der Waals surface area contributed by atoms with Gasteiger partial charge in [0, 0.05) is 6.08 Å². The van der Waals surface area contributed by atoms with Crippen LogP contribution < -0.4 is 10.1 Å². The fourth-order valence-corrected chi connectivity index (χ4v) is 1.86. The first-order valence-electron chi connectivity index (χ1n) is 6.85. The van der Waals surface area contributed by atoms with Crippen LogP contribution in [-0.2, 0) is 4.79 Å². The van der Waals surface area contributed by atoms with Crippen LogP contribution in [-0.4, -0.2) is 12.5 Å². The Morgan fingerprint density at radius 3 is 2.77 bits per heavy atom. The van der Waals surface area contributed by atoms with Crippen LogP contribution in [0.3, 0.4) is 0 Å². The topological polar surface area (TPSA) is 75.3 Å². The van der Waals surface area contributed by atoms with Gasteiger partial charge < -0.3 is 14.5 Å². The number of nitrogens with zero attached hydrogens (tertiary/aromatic N) is 1. The highest BCUT2D eigenvalue weighted by Gasteiger charge is 2.13. The van der Waals surface area contributed by atoms with Gasteiger partial charge in [-0.2, -0.15) is 5.26 Å². The number of amides is 1. The molecule has 5 nitrogen and oxygen atoms in total. The van der Waals surface area contributed by atoms with Crippen LogP contribution in [0.2, 0.25) is 0 Å². The average Bonchev–Trinajstić information content (AvgIpc) is 2.92. The van der Waals surface area contributed by atoms with Crippen LogP contribution in [0.4, 0.5) is 5.69 Å². The standard InChI is InChI=1S/C17H16N2O3/c1-3-21-16-7-5-4-6-15(16)19-17(20)13(11-18)10-14-9-8-12(2)22-14/h4-10H,3H2,1-2H3,(H,19,20)/b13-10+. The Kier molecular flexibility index (Phi) is 4.99. The minimum absolute atomic E-state index is 0.0411. The molecule has 1 amide bonds. The van der Waals surface area contributed by atoms with Gasteiger partial charge in [0.15, 0.2) is 0 Å². The number of anilines is 1. The molecular weight excluding hydrogens is 280 g/mol. The van der Waals surface area contributed by atoms with Crippen molar-refractivity contribution < 1.29 is 13.9 Å². The van der Waals surface area contributed by atoms with Gasteiger partial charge in [0.2, 0.25) is 0 Å². The van der Waals surface area contributed by atoms with Crippen LogP contribution in [0.5, 0.6) is 5.75 Å². The third-order valence-corrected chi connectivity index (χ3v) is 2.85. The highest BCUT2D eigenvalue weighted by atomic mass is 16.5. The van der Waals surface area contributed by atoms with Crippen molar-refractivity contribution in [3.8, 4) is 11.8 Å². The Morgan fingerprint density at radius 1 is 1.36 bits per heavy atom. The Bertz CT molecular complexity index is 738. The number of nitriles is 1. The van der Waals surface area contributed by atoms with Crippen LogP contribution >= 0.6 is 0 Å². The quantitative estimate of drug-likeness (QED) is 0.676. The van der Waals surface area contributed by atoms with Crippen LogP contribution in [0.25, 0.3) is 6.08 Å². The van der Waals surface area contributed by atoms with Gasteiger partial charge >= 0.3 is 0 Å². The molecule has 0 aliphatic rings. The second-order valence-electron chi connectivity index (χ2n) is 4.50. The number of ether oxygens (including phenoxy) is 1. The molecule has 0 fully saturated rings. The molecular formula is C17H16N2O3. The van der Waals surface area contributed by atoms with E-state index in [4.69, 9.17) is 14.4 Å². The van der Waals surface area contributed by atoms with E-state index < -0.39 is 5.91 Å². The molecule has 1 aromatic heterocycles. The molecule has 1 heterocycles. The average molecular weight is 296 g/mol. The highest BCUT2D eigenvalue weighted by molar-refractivity contribution is 6.10. The fourth-order valence-electron chi connectivity index (χ4n) is 1.86. The summed E-state index contributed by atoms with van der Waals surface area (Å²) in [6.07, 6.45) is 1.41. The maximum atomic E-state index is 12.2. The number of furan rings is 1. The van der Waals surface area contributed by atoms with Crippen molar-refractivity contribution in [3.63, 3.8) is 0 Å². The molecule has 112 valence electrons.